The molecular formula is C12H20N2OS. The average molecular weight is 240 g/mol. The number of hydrogen-bond donors (Lipinski definition) is 2. The predicted molar refractivity (Wildman–Crippen MR) is 68.8 cm³/mol. The maximum absolute atomic E-state index is 11.5. The minimum absolute atomic E-state index is 0.128. The van der Waals surface area contributed by atoms with Gasteiger partial charge in [0.15, 0.2) is 0 Å². The Labute approximate surface area is 101 Å². The first-order chi connectivity index (χ1) is 7.72. The molecule has 1 amide bonds. The highest BCUT2D eigenvalue weighted by molar-refractivity contribution is 7.07. The fourth-order valence-electron chi connectivity index (χ4n) is 1.55. The van der Waals surface area contributed by atoms with Gasteiger partial charge in [0.2, 0.25) is 5.91 Å². The highest BCUT2D eigenvalue weighted by Crippen LogP contribution is 2.05. The first kappa shape index (κ1) is 13.2. The summed E-state index contributed by atoms with van der Waals surface area (Å²) in [4.78, 5) is 11.5. The van der Waals surface area contributed by atoms with Gasteiger partial charge in [0.25, 0.3) is 0 Å². The Morgan fingerprint density at radius 3 is 3.00 bits per heavy atom. The van der Waals surface area contributed by atoms with Crippen molar-refractivity contribution in [2.75, 3.05) is 13.1 Å². The molecule has 3 nitrogen and oxygen atoms in total. The topological polar surface area (TPSA) is 41.1 Å². The number of carbonyl (C=O) groups excluding carboxylic acids is 1. The minimum Gasteiger partial charge on any atom is -0.356 e. The van der Waals surface area contributed by atoms with E-state index in [1.165, 1.54) is 5.56 Å². The highest BCUT2D eigenvalue weighted by atomic mass is 32.1. The van der Waals surface area contributed by atoms with E-state index in [1.54, 1.807) is 11.3 Å². The first-order valence-electron chi connectivity index (χ1n) is 5.73. The van der Waals surface area contributed by atoms with Crippen LogP contribution in [0, 0.1) is 0 Å². The summed E-state index contributed by atoms with van der Waals surface area (Å²) in [6, 6.07) is 2.35. The number of amides is 1. The SMILES string of the molecule is CCNC(C)CC(=O)NCCc1ccsc1. The molecule has 0 saturated carbocycles. The van der Waals surface area contributed by atoms with Crippen molar-refractivity contribution < 1.29 is 4.79 Å². The third-order valence-corrected chi connectivity index (χ3v) is 3.09. The highest BCUT2D eigenvalue weighted by Gasteiger charge is 2.06. The van der Waals surface area contributed by atoms with Crippen LogP contribution in [0.25, 0.3) is 0 Å². The quantitative estimate of drug-likeness (QED) is 0.763. The summed E-state index contributed by atoms with van der Waals surface area (Å²) in [6.07, 6.45) is 1.47. The largest absolute Gasteiger partial charge is 0.356 e. The van der Waals surface area contributed by atoms with Gasteiger partial charge in [-0.15, -0.1) is 0 Å². The van der Waals surface area contributed by atoms with Gasteiger partial charge in [-0.05, 0) is 42.3 Å². The van der Waals surface area contributed by atoms with Crippen LogP contribution < -0.4 is 10.6 Å². The summed E-state index contributed by atoms with van der Waals surface area (Å²) in [6.45, 7) is 5.71. The predicted octanol–water partition coefficient (Wildman–Crippen LogP) is 1.79. The number of thiophene rings is 1. The Bertz CT molecular complexity index is 298. The molecule has 16 heavy (non-hydrogen) atoms. The van der Waals surface area contributed by atoms with E-state index in [9.17, 15) is 4.79 Å². The summed E-state index contributed by atoms with van der Waals surface area (Å²) >= 11 is 1.69. The van der Waals surface area contributed by atoms with Crippen molar-refractivity contribution in [3.63, 3.8) is 0 Å². The molecule has 0 aromatic carbocycles. The van der Waals surface area contributed by atoms with Crippen LogP contribution in [0.3, 0.4) is 0 Å². The van der Waals surface area contributed by atoms with Crippen molar-refractivity contribution in [2.24, 2.45) is 0 Å². The van der Waals surface area contributed by atoms with Crippen LogP contribution in [0.4, 0.5) is 0 Å². The lowest BCUT2D eigenvalue weighted by Gasteiger charge is -2.11. The molecule has 1 rings (SSSR count). The van der Waals surface area contributed by atoms with Crippen LogP contribution in [0.5, 0.6) is 0 Å². The second-order valence-electron chi connectivity index (χ2n) is 3.89. The van der Waals surface area contributed by atoms with E-state index in [0.717, 1.165) is 19.5 Å². The van der Waals surface area contributed by atoms with Gasteiger partial charge >= 0.3 is 0 Å². The van der Waals surface area contributed by atoms with E-state index >= 15 is 0 Å². The monoisotopic (exact) mass is 240 g/mol. The van der Waals surface area contributed by atoms with Crippen molar-refractivity contribution in [3.8, 4) is 0 Å². The molecule has 2 N–H and O–H groups in total. The van der Waals surface area contributed by atoms with Gasteiger partial charge in [-0.3, -0.25) is 4.79 Å². The molecule has 1 atom stereocenters. The molecular weight excluding hydrogens is 220 g/mol. The third-order valence-electron chi connectivity index (χ3n) is 2.36. The third kappa shape index (κ3) is 5.28. The molecule has 0 radical (unpaired) electrons. The Hall–Kier alpha value is -0.870. The second kappa shape index (κ2) is 7.41. The standard InChI is InChI=1S/C12H20N2OS/c1-3-13-10(2)8-12(15)14-6-4-11-5-7-16-9-11/h5,7,9-10,13H,3-4,6,8H2,1-2H3,(H,14,15). The molecule has 1 aromatic rings. The number of nitrogens with one attached hydrogen (secondary N) is 2. The van der Waals surface area contributed by atoms with Gasteiger partial charge < -0.3 is 10.6 Å². The van der Waals surface area contributed by atoms with Crippen molar-refractivity contribution >= 4 is 17.2 Å². The summed E-state index contributed by atoms with van der Waals surface area (Å²) < 4.78 is 0. The molecule has 0 aliphatic heterocycles. The molecule has 4 heteroatoms. The Morgan fingerprint density at radius 1 is 1.56 bits per heavy atom. The summed E-state index contributed by atoms with van der Waals surface area (Å²) in [7, 11) is 0. The van der Waals surface area contributed by atoms with Gasteiger partial charge in [0, 0.05) is 19.0 Å². The molecule has 0 spiro atoms. The van der Waals surface area contributed by atoms with Gasteiger partial charge in [0.1, 0.15) is 0 Å². The van der Waals surface area contributed by atoms with Crippen molar-refractivity contribution in [1.29, 1.82) is 0 Å². The molecule has 1 unspecified atom stereocenters. The van der Waals surface area contributed by atoms with Crippen LogP contribution in [0.2, 0.25) is 0 Å². The van der Waals surface area contributed by atoms with E-state index in [4.69, 9.17) is 0 Å². The maximum Gasteiger partial charge on any atom is 0.221 e. The lowest BCUT2D eigenvalue weighted by Crippen LogP contribution is -2.34. The zero-order valence-corrected chi connectivity index (χ0v) is 10.8. The minimum atomic E-state index is 0.128. The van der Waals surface area contributed by atoms with Crippen molar-refractivity contribution in [1.82, 2.24) is 10.6 Å². The molecule has 0 bridgehead atoms. The molecule has 0 aliphatic rings. The lowest BCUT2D eigenvalue weighted by molar-refractivity contribution is -0.121. The smallest absolute Gasteiger partial charge is 0.221 e. The Balaban J connectivity index is 2.10. The zero-order valence-electron chi connectivity index (χ0n) is 9.95. The summed E-state index contributed by atoms with van der Waals surface area (Å²) in [5, 5.41) is 10.3. The molecule has 0 saturated heterocycles. The Morgan fingerprint density at radius 2 is 2.38 bits per heavy atom. The molecule has 1 aromatic heterocycles. The van der Waals surface area contributed by atoms with E-state index < -0.39 is 0 Å². The van der Waals surface area contributed by atoms with E-state index in [0.29, 0.717) is 6.42 Å². The Kier molecular flexibility index (Phi) is 6.11. The van der Waals surface area contributed by atoms with Crippen LogP contribution in [0.15, 0.2) is 16.8 Å². The van der Waals surface area contributed by atoms with E-state index in [2.05, 4.69) is 27.5 Å². The van der Waals surface area contributed by atoms with E-state index in [-0.39, 0.29) is 11.9 Å². The zero-order chi connectivity index (χ0) is 11.8. The van der Waals surface area contributed by atoms with Crippen LogP contribution in [-0.4, -0.2) is 25.0 Å². The lowest BCUT2D eigenvalue weighted by atomic mass is 10.2. The van der Waals surface area contributed by atoms with Gasteiger partial charge in [-0.2, -0.15) is 11.3 Å². The number of rotatable bonds is 7. The van der Waals surface area contributed by atoms with Gasteiger partial charge in [0.05, 0.1) is 0 Å². The number of hydrogen-bond acceptors (Lipinski definition) is 3. The fraction of sp³-hybridized carbons (Fsp3) is 0.583. The normalized spacial score (nSPS) is 12.4. The summed E-state index contributed by atoms with van der Waals surface area (Å²) in [5.74, 6) is 0.128. The van der Waals surface area contributed by atoms with Crippen molar-refractivity contribution in [2.45, 2.75) is 32.7 Å². The van der Waals surface area contributed by atoms with Crippen LogP contribution >= 0.6 is 11.3 Å². The molecule has 90 valence electrons. The van der Waals surface area contributed by atoms with Crippen LogP contribution in [-0.2, 0) is 11.2 Å². The van der Waals surface area contributed by atoms with Gasteiger partial charge in [-0.1, -0.05) is 6.92 Å². The van der Waals surface area contributed by atoms with E-state index in [1.807, 2.05) is 13.8 Å². The van der Waals surface area contributed by atoms with Crippen molar-refractivity contribution in [3.05, 3.63) is 22.4 Å². The summed E-state index contributed by atoms with van der Waals surface area (Å²) in [5.41, 5.74) is 1.30. The molecule has 0 aliphatic carbocycles. The maximum atomic E-state index is 11.5. The number of carbonyl (C=O) groups is 1. The molecule has 1 heterocycles. The van der Waals surface area contributed by atoms with Gasteiger partial charge in [-0.25, -0.2) is 0 Å². The first-order valence-corrected chi connectivity index (χ1v) is 6.67. The molecule has 0 fully saturated rings. The fourth-order valence-corrected chi connectivity index (χ4v) is 2.26. The second-order valence-corrected chi connectivity index (χ2v) is 4.67. The average Bonchev–Trinajstić information content (AvgIpc) is 2.70. The van der Waals surface area contributed by atoms with Crippen LogP contribution in [0.1, 0.15) is 25.8 Å².